The number of hydrogen-bond donors (Lipinski definition) is 3. The van der Waals surface area contributed by atoms with Gasteiger partial charge in [-0.05, 0) is 37.1 Å². The van der Waals surface area contributed by atoms with E-state index in [1.807, 2.05) is 0 Å². The van der Waals surface area contributed by atoms with Crippen molar-refractivity contribution in [2.75, 3.05) is 13.2 Å². The topological polar surface area (TPSA) is 100 Å². The molecule has 23 heavy (non-hydrogen) atoms. The minimum Gasteiger partial charge on any atom is -0.396 e. The van der Waals surface area contributed by atoms with Crippen molar-refractivity contribution in [3.05, 3.63) is 35.2 Å². The lowest BCUT2D eigenvalue weighted by Crippen LogP contribution is -2.39. The molecule has 2 amide bonds. The van der Waals surface area contributed by atoms with Crippen LogP contribution in [0.4, 0.5) is 4.79 Å². The Morgan fingerprint density at radius 1 is 1.30 bits per heavy atom. The molecule has 3 N–H and O–H groups in total. The predicted molar refractivity (Wildman–Crippen MR) is 83.7 cm³/mol. The second-order valence-corrected chi connectivity index (χ2v) is 6.15. The van der Waals surface area contributed by atoms with Crippen LogP contribution in [0.2, 0.25) is 5.02 Å². The maximum atomic E-state index is 11.7. The zero-order valence-electron chi connectivity index (χ0n) is 12.4. The molecule has 1 aromatic heterocycles. The van der Waals surface area contributed by atoms with E-state index in [-0.39, 0.29) is 24.6 Å². The SMILES string of the molecule is O=C(NCc1nc(-c2ccc(Cl)cc2)no1)NCC1(CO)CC1. The number of nitrogens with zero attached hydrogens (tertiary/aromatic N) is 2. The van der Waals surface area contributed by atoms with Gasteiger partial charge in [-0.3, -0.25) is 0 Å². The number of amides is 2. The maximum absolute atomic E-state index is 11.7. The molecule has 0 spiro atoms. The highest BCUT2D eigenvalue weighted by Gasteiger charge is 2.42. The smallest absolute Gasteiger partial charge is 0.315 e. The molecule has 0 saturated heterocycles. The third-order valence-corrected chi connectivity index (χ3v) is 4.14. The van der Waals surface area contributed by atoms with Crippen molar-refractivity contribution in [2.24, 2.45) is 5.41 Å². The van der Waals surface area contributed by atoms with Gasteiger partial charge >= 0.3 is 6.03 Å². The third-order valence-electron chi connectivity index (χ3n) is 3.89. The normalized spacial score (nSPS) is 15.2. The molecule has 122 valence electrons. The highest BCUT2D eigenvalue weighted by Crippen LogP contribution is 2.44. The molecular formula is C15H17ClN4O3. The van der Waals surface area contributed by atoms with E-state index in [1.54, 1.807) is 24.3 Å². The summed E-state index contributed by atoms with van der Waals surface area (Å²) in [5, 5.41) is 19.1. The Kier molecular flexibility index (Phi) is 4.49. The molecular weight excluding hydrogens is 320 g/mol. The lowest BCUT2D eigenvalue weighted by molar-refractivity contribution is 0.202. The van der Waals surface area contributed by atoms with Crippen molar-refractivity contribution in [2.45, 2.75) is 19.4 Å². The van der Waals surface area contributed by atoms with Crippen LogP contribution in [0.25, 0.3) is 11.4 Å². The van der Waals surface area contributed by atoms with E-state index in [0.29, 0.717) is 23.3 Å². The molecule has 3 rings (SSSR count). The molecule has 0 atom stereocenters. The van der Waals surface area contributed by atoms with Crippen molar-refractivity contribution < 1.29 is 14.4 Å². The van der Waals surface area contributed by atoms with E-state index in [1.165, 1.54) is 0 Å². The molecule has 1 aliphatic rings. The van der Waals surface area contributed by atoms with E-state index >= 15 is 0 Å². The number of carbonyl (C=O) groups excluding carboxylic acids is 1. The Morgan fingerprint density at radius 3 is 2.70 bits per heavy atom. The predicted octanol–water partition coefficient (Wildman–Crippen LogP) is 1.96. The van der Waals surface area contributed by atoms with Gasteiger partial charge in [0.25, 0.3) is 0 Å². The number of nitrogens with one attached hydrogen (secondary N) is 2. The van der Waals surface area contributed by atoms with Crippen LogP contribution in [0.15, 0.2) is 28.8 Å². The van der Waals surface area contributed by atoms with Crippen LogP contribution < -0.4 is 10.6 Å². The zero-order valence-corrected chi connectivity index (χ0v) is 13.1. The van der Waals surface area contributed by atoms with Gasteiger partial charge in [0.2, 0.25) is 11.7 Å². The van der Waals surface area contributed by atoms with Crippen LogP contribution in [0, 0.1) is 5.41 Å². The first kappa shape index (κ1) is 15.8. The highest BCUT2D eigenvalue weighted by molar-refractivity contribution is 6.30. The van der Waals surface area contributed by atoms with Crippen LogP contribution >= 0.6 is 11.6 Å². The molecule has 0 bridgehead atoms. The monoisotopic (exact) mass is 336 g/mol. The summed E-state index contributed by atoms with van der Waals surface area (Å²) in [6, 6.07) is 6.75. The minimum atomic E-state index is -0.323. The first-order valence-electron chi connectivity index (χ1n) is 7.31. The van der Waals surface area contributed by atoms with Gasteiger partial charge in [0.1, 0.15) is 0 Å². The van der Waals surface area contributed by atoms with Gasteiger partial charge in [0, 0.05) is 22.5 Å². The molecule has 2 aromatic rings. The van der Waals surface area contributed by atoms with Gasteiger partial charge in [-0.2, -0.15) is 4.98 Å². The quantitative estimate of drug-likeness (QED) is 0.748. The molecule has 0 radical (unpaired) electrons. The van der Waals surface area contributed by atoms with E-state index < -0.39 is 0 Å². The van der Waals surface area contributed by atoms with Gasteiger partial charge < -0.3 is 20.3 Å². The number of halogens is 1. The fourth-order valence-electron chi connectivity index (χ4n) is 2.10. The molecule has 8 heteroatoms. The van der Waals surface area contributed by atoms with Gasteiger partial charge in [-0.25, -0.2) is 4.79 Å². The summed E-state index contributed by atoms with van der Waals surface area (Å²) in [6.45, 7) is 0.704. The van der Waals surface area contributed by atoms with Crippen LogP contribution in [0.5, 0.6) is 0 Å². The van der Waals surface area contributed by atoms with Gasteiger partial charge in [0.15, 0.2) is 0 Å². The third kappa shape index (κ3) is 4.00. The number of urea groups is 1. The second kappa shape index (κ2) is 6.55. The van der Waals surface area contributed by atoms with E-state index in [2.05, 4.69) is 20.8 Å². The maximum Gasteiger partial charge on any atom is 0.315 e. The fraction of sp³-hybridized carbons (Fsp3) is 0.400. The van der Waals surface area contributed by atoms with E-state index in [4.69, 9.17) is 16.1 Å². The highest BCUT2D eigenvalue weighted by atomic mass is 35.5. The van der Waals surface area contributed by atoms with Crippen LogP contribution in [-0.4, -0.2) is 34.4 Å². The molecule has 0 aliphatic heterocycles. The first-order chi connectivity index (χ1) is 11.1. The second-order valence-electron chi connectivity index (χ2n) is 5.71. The average molecular weight is 337 g/mol. The number of aromatic nitrogens is 2. The van der Waals surface area contributed by atoms with Gasteiger partial charge in [-0.1, -0.05) is 16.8 Å². The van der Waals surface area contributed by atoms with Crippen molar-refractivity contribution in [1.82, 2.24) is 20.8 Å². The molecule has 0 unspecified atom stereocenters. The zero-order chi connectivity index (χ0) is 16.3. The van der Waals surface area contributed by atoms with Crippen molar-refractivity contribution in [3.63, 3.8) is 0 Å². The average Bonchev–Trinajstić information content (AvgIpc) is 3.20. The summed E-state index contributed by atoms with van der Waals surface area (Å²) in [7, 11) is 0. The minimum absolute atomic E-state index is 0.0986. The van der Waals surface area contributed by atoms with E-state index in [9.17, 15) is 9.90 Å². The Hall–Kier alpha value is -2.12. The number of aliphatic hydroxyl groups is 1. The Balaban J connectivity index is 1.49. The number of carbonyl (C=O) groups is 1. The largest absolute Gasteiger partial charge is 0.396 e. The van der Waals surface area contributed by atoms with Crippen molar-refractivity contribution in [1.29, 1.82) is 0 Å². The van der Waals surface area contributed by atoms with Crippen LogP contribution in [0.1, 0.15) is 18.7 Å². The Labute approximate surface area is 138 Å². The van der Waals surface area contributed by atoms with Crippen LogP contribution in [-0.2, 0) is 6.54 Å². The fourth-order valence-corrected chi connectivity index (χ4v) is 2.22. The molecule has 1 aromatic carbocycles. The number of aliphatic hydroxyl groups excluding tert-OH is 1. The van der Waals surface area contributed by atoms with Gasteiger partial charge in [-0.15, -0.1) is 0 Å². The molecule has 1 heterocycles. The molecule has 1 fully saturated rings. The first-order valence-corrected chi connectivity index (χ1v) is 7.69. The summed E-state index contributed by atoms with van der Waals surface area (Å²) in [5.41, 5.74) is 0.663. The van der Waals surface area contributed by atoms with Crippen molar-refractivity contribution in [3.8, 4) is 11.4 Å². The Morgan fingerprint density at radius 2 is 2.04 bits per heavy atom. The van der Waals surface area contributed by atoms with Crippen molar-refractivity contribution >= 4 is 17.6 Å². The summed E-state index contributed by atoms with van der Waals surface area (Å²) >= 11 is 5.83. The van der Waals surface area contributed by atoms with E-state index in [0.717, 1.165) is 18.4 Å². The molecule has 1 saturated carbocycles. The van der Waals surface area contributed by atoms with Gasteiger partial charge in [0.05, 0.1) is 13.2 Å². The number of hydrogen-bond acceptors (Lipinski definition) is 5. The summed E-state index contributed by atoms with van der Waals surface area (Å²) in [6.07, 6.45) is 1.88. The molecule has 1 aliphatic carbocycles. The Bertz CT molecular complexity index is 682. The summed E-state index contributed by atoms with van der Waals surface area (Å²) < 4.78 is 5.10. The summed E-state index contributed by atoms with van der Waals surface area (Å²) in [4.78, 5) is 15.9. The molecule has 7 nitrogen and oxygen atoms in total. The summed E-state index contributed by atoms with van der Waals surface area (Å²) in [5.74, 6) is 0.754. The number of rotatable bonds is 6. The lowest BCUT2D eigenvalue weighted by Gasteiger charge is -2.12. The number of benzene rings is 1. The lowest BCUT2D eigenvalue weighted by atomic mass is 10.1. The standard InChI is InChI=1S/C15H17ClN4O3/c16-11-3-1-10(2-4-11)13-19-12(23-20-13)7-17-14(22)18-8-15(9-21)5-6-15/h1-4,21H,5-9H2,(H2,17,18,22). The van der Waals surface area contributed by atoms with Crippen LogP contribution in [0.3, 0.4) is 0 Å².